The largest absolute Gasteiger partial charge is 0.350 e. The molecule has 3 atom stereocenters. The van der Waals surface area contributed by atoms with E-state index in [9.17, 15) is 19.2 Å². The van der Waals surface area contributed by atoms with Crippen molar-refractivity contribution < 1.29 is 19.2 Å². The lowest BCUT2D eigenvalue weighted by atomic mass is 9.83. The molecular formula is C34H49N7O4. The van der Waals surface area contributed by atoms with Crippen LogP contribution in [0.1, 0.15) is 86.3 Å². The van der Waals surface area contributed by atoms with Crippen LogP contribution in [0.25, 0.3) is 0 Å². The fourth-order valence-electron chi connectivity index (χ4n) is 7.08. The van der Waals surface area contributed by atoms with Gasteiger partial charge in [0, 0.05) is 58.3 Å². The standard InChI is InChI=1S/C34H49N7O4/c1-3-30(42)37-28(34(45)41-20-19-40-18-8-7-11-27(40)23-41)21-24-12-14-25(15-13-24)22-35-33(44)31(26-9-5-4-6-10-26)38-32(43)29-16-17-36-39(29)2/h12-17,26-28,31H,3-11,18-23H2,1-2H3,(H,35,44)(H,37,42)(H,38,43)/t27-,28?,31?/m0/s1. The first-order valence-electron chi connectivity index (χ1n) is 16.8. The fourth-order valence-corrected chi connectivity index (χ4v) is 7.08. The highest BCUT2D eigenvalue weighted by Gasteiger charge is 2.35. The molecule has 3 heterocycles. The molecule has 11 nitrogen and oxygen atoms in total. The van der Waals surface area contributed by atoms with Gasteiger partial charge in [0.15, 0.2) is 0 Å². The van der Waals surface area contributed by atoms with Crippen LogP contribution < -0.4 is 16.0 Å². The van der Waals surface area contributed by atoms with Gasteiger partial charge >= 0.3 is 0 Å². The van der Waals surface area contributed by atoms with E-state index in [2.05, 4.69) is 25.9 Å². The minimum absolute atomic E-state index is 0.0136. The Hall–Kier alpha value is -3.73. The maximum Gasteiger partial charge on any atom is 0.270 e. The predicted molar refractivity (Wildman–Crippen MR) is 171 cm³/mol. The number of nitrogens with one attached hydrogen (secondary N) is 3. The number of piperazine rings is 1. The van der Waals surface area contributed by atoms with Gasteiger partial charge in [-0.3, -0.25) is 28.8 Å². The molecule has 0 radical (unpaired) electrons. The van der Waals surface area contributed by atoms with Crippen LogP contribution in [0.3, 0.4) is 0 Å². The first kappa shape index (κ1) is 32.7. The molecule has 3 aliphatic rings. The van der Waals surface area contributed by atoms with E-state index in [1.54, 1.807) is 26.2 Å². The lowest BCUT2D eigenvalue weighted by Gasteiger charge is -2.44. The highest BCUT2D eigenvalue weighted by atomic mass is 16.2. The summed E-state index contributed by atoms with van der Waals surface area (Å²) in [5, 5.41) is 13.1. The average Bonchev–Trinajstić information content (AvgIpc) is 3.51. The summed E-state index contributed by atoms with van der Waals surface area (Å²) in [6, 6.07) is 8.65. The lowest BCUT2D eigenvalue weighted by Crippen LogP contribution is -2.59. The van der Waals surface area contributed by atoms with E-state index in [1.165, 1.54) is 17.5 Å². The van der Waals surface area contributed by atoms with Crippen molar-refractivity contribution in [1.82, 2.24) is 35.5 Å². The smallest absolute Gasteiger partial charge is 0.270 e. The van der Waals surface area contributed by atoms with Crippen molar-refractivity contribution in [2.45, 2.75) is 95.8 Å². The molecule has 3 N–H and O–H groups in total. The van der Waals surface area contributed by atoms with Gasteiger partial charge in [-0.15, -0.1) is 0 Å². The molecule has 0 bridgehead atoms. The zero-order chi connectivity index (χ0) is 31.8. The minimum Gasteiger partial charge on any atom is -0.350 e. The Labute approximate surface area is 266 Å². The van der Waals surface area contributed by atoms with Gasteiger partial charge < -0.3 is 20.9 Å². The Kier molecular flexibility index (Phi) is 11.3. The number of carbonyl (C=O) groups excluding carboxylic acids is 4. The summed E-state index contributed by atoms with van der Waals surface area (Å²) in [5.74, 6) is -0.545. The normalized spacial score (nSPS) is 20.5. The summed E-state index contributed by atoms with van der Waals surface area (Å²) in [6.07, 6.45) is 10.9. The molecule has 3 fully saturated rings. The number of fused-ring (bicyclic) bond motifs is 1. The summed E-state index contributed by atoms with van der Waals surface area (Å²) in [5.41, 5.74) is 2.28. The van der Waals surface area contributed by atoms with Crippen LogP contribution in [0.4, 0.5) is 0 Å². The second-order valence-corrected chi connectivity index (χ2v) is 12.9. The first-order chi connectivity index (χ1) is 21.8. The molecular weight excluding hydrogens is 570 g/mol. The topological polar surface area (TPSA) is 129 Å². The molecule has 2 aromatic rings. The Balaban J connectivity index is 1.19. The number of aromatic nitrogens is 2. The van der Waals surface area contributed by atoms with Crippen molar-refractivity contribution in [2.24, 2.45) is 13.0 Å². The number of nitrogens with zero attached hydrogens (tertiary/aromatic N) is 4. The van der Waals surface area contributed by atoms with Gasteiger partial charge in [0.1, 0.15) is 17.8 Å². The molecule has 2 unspecified atom stereocenters. The van der Waals surface area contributed by atoms with E-state index in [1.807, 2.05) is 29.2 Å². The van der Waals surface area contributed by atoms with Crippen molar-refractivity contribution in [1.29, 1.82) is 0 Å². The Bertz CT molecular complexity index is 1320. The molecule has 5 rings (SSSR count). The van der Waals surface area contributed by atoms with Crippen molar-refractivity contribution in [3.63, 3.8) is 0 Å². The second kappa shape index (κ2) is 15.5. The third-order valence-electron chi connectivity index (χ3n) is 9.78. The van der Waals surface area contributed by atoms with Gasteiger partial charge in [-0.05, 0) is 55.3 Å². The lowest BCUT2D eigenvalue weighted by molar-refractivity contribution is -0.139. The summed E-state index contributed by atoms with van der Waals surface area (Å²) in [6.45, 7) is 5.53. The molecule has 2 aliphatic heterocycles. The van der Waals surface area contributed by atoms with Gasteiger partial charge in [-0.1, -0.05) is 56.9 Å². The molecule has 1 aromatic heterocycles. The Morgan fingerprint density at radius 1 is 0.889 bits per heavy atom. The van der Waals surface area contributed by atoms with Gasteiger partial charge in [-0.2, -0.15) is 5.10 Å². The predicted octanol–water partition coefficient (Wildman–Crippen LogP) is 2.55. The molecule has 2 saturated heterocycles. The van der Waals surface area contributed by atoms with Crippen molar-refractivity contribution in [2.75, 3.05) is 26.2 Å². The number of carbonyl (C=O) groups is 4. The molecule has 1 saturated carbocycles. The van der Waals surface area contributed by atoms with Crippen LogP contribution >= 0.6 is 0 Å². The maximum atomic E-state index is 13.6. The van der Waals surface area contributed by atoms with Gasteiger partial charge in [0.05, 0.1) is 0 Å². The Morgan fingerprint density at radius 3 is 2.33 bits per heavy atom. The quantitative estimate of drug-likeness (QED) is 0.355. The number of piperidine rings is 1. The van der Waals surface area contributed by atoms with Crippen molar-refractivity contribution >= 4 is 23.6 Å². The highest BCUT2D eigenvalue weighted by molar-refractivity contribution is 5.96. The van der Waals surface area contributed by atoms with E-state index >= 15 is 0 Å². The van der Waals surface area contributed by atoms with Crippen molar-refractivity contribution in [3.05, 3.63) is 53.3 Å². The summed E-state index contributed by atoms with van der Waals surface area (Å²) < 4.78 is 1.51. The monoisotopic (exact) mass is 619 g/mol. The summed E-state index contributed by atoms with van der Waals surface area (Å²) in [4.78, 5) is 56.9. The molecule has 244 valence electrons. The maximum absolute atomic E-state index is 13.6. The van der Waals surface area contributed by atoms with Crippen molar-refractivity contribution in [3.8, 4) is 0 Å². The SMILES string of the molecule is CCC(=O)NC(Cc1ccc(CNC(=O)C(NC(=O)c2ccnn2C)C2CCCCC2)cc1)C(=O)N1CCN2CCCC[C@H]2C1. The van der Waals surface area contributed by atoms with E-state index in [-0.39, 0.29) is 29.5 Å². The van der Waals surface area contributed by atoms with Crippen LogP contribution in [0.5, 0.6) is 0 Å². The highest BCUT2D eigenvalue weighted by Crippen LogP contribution is 2.27. The fraction of sp³-hybridized carbons (Fsp3) is 0.618. The third-order valence-corrected chi connectivity index (χ3v) is 9.78. The molecule has 4 amide bonds. The van der Waals surface area contributed by atoms with Gasteiger partial charge in [0.2, 0.25) is 17.7 Å². The van der Waals surface area contributed by atoms with E-state index in [4.69, 9.17) is 0 Å². The molecule has 1 aliphatic carbocycles. The zero-order valence-corrected chi connectivity index (χ0v) is 26.8. The number of aryl methyl sites for hydroxylation is 1. The van der Waals surface area contributed by atoms with E-state index in [0.717, 1.165) is 69.3 Å². The van der Waals surface area contributed by atoms with Crippen LogP contribution in [0.2, 0.25) is 0 Å². The van der Waals surface area contributed by atoms with Crippen LogP contribution in [-0.4, -0.2) is 87.5 Å². The van der Waals surface area contributed by atoms with Crippen LogP contribution in [0.15, 0.2) is 36.5 Å². The van der Waals surface area contributed by atoms with Gasteiger partial charge in [-0.25, -0.2) is 0 Å². The van der Waals surface area contributed by atoms with E-state index in [0.29, 0.717) is 37.7 Å². The number of hydrogen-bond donors (Lipinski definition) is 3. The van der Waals surface area contributed by atoms with Crippen LogP contribution in [-0.2, 0) is 34.4 Å². The Morgan fingerprint density at radius 2 is 1.62 bits per heavy atom. The van der Waals surface area contributed by atoms with Crippen LogP contribution in [0, 0.1) is 5.92 Å². The summed E-state index contributed by atoms with van der Waals surface area (Å²) in [7, 11) is 1.71. The minimum atomic E-state index is -0.614. The van der Waals surface area contributed by atoms with E-state index < -0.39 is 12.1 Å². The number of rotatable bonds is 11. The zero-order valence-electron chi connectivity index (χ0n) is 26.8. The second-order valence-electron chi connectivity index (χ2n) is 12.9. The third kappa shape index (κ3) is 8.51. The first-order valence-corrected chi connectivity index (χ1v) is 16.8. The molecule has 11 heteroatoms. The molecule has 45 heavy (non-hydrogen) atoms. The number of hydrogen-bond acceptors (Lipinski definition) is 6. The number of amides is 4. The average molecular weight is 620 g/mol. The molecule has 1 aromatic carbocycles. The number of benzene rings is 1. The summed E-state index contributed by atoms with van der Waals surface area (Å²) >= 11 is 0. The van der Waals surface area contributed by atoms with Gasteiger partial charge in [0.25, 0.3) is 5.91 Å². The molecule has 0 spiro atoms.